The maximum Gasteiger partial charge on any atom is 0.190 e. The Morgan fingerprint density at radius 1 is 1.12 bits per heavy atom. The van der Waals surface area contributed by atoms with Gasteiger partial charge in [-0.25, -0.2) is 0 Å². The number of hydrogen-bond donors (Lipinski definition) is 2. The summed E-state index contributed by atoms with van der Waals surface area (Å²) < 4.78 is 2.06. The lowest BCUT2D eigenvalue weighted by Crippen LogP contribution is -2.39. The number of nitrogens with zero attached hydrogens (tertiary/aromatic N) is 3. The summed E-state index contributed by atoms with van der Waals surface area (Å²) in [6, 6.07) is 12.6. The highest BCUT2D eigenvalue weighted by Crippen LogP contribution is 2.02. The monoisotopic (exact) mass is 441 g/mol. The van der Waals surface area contributed by atoms with E-state index in [-0.39, 0.29) is 24.0 Å². The van der Waals surface area contributed by atoms with Gasteiger partial charge in [0.05, 0.1) is 5.69 Å². The molecule has 0 saturated carbocycles. The molecule has 1 heterocycles. The second kappa shape index (κ2) is 11.1. The average molecular weight is 441 g/mol. The molecule has 132 valence electrons. The molecule has 0 saturated heterocycles. The third-order valence-corrected chi connectivity index (χ3v) is 3.72. The van der Waals surface area contributed by atoms with Gasteiger partial charge in [-0.3, -0.25) is 9.67 Å². The first-order chi connectivity index (χ1) is 11.2. The summed E-state index contributed by atoms with van der Waals surface area (Å²) in [4.78, 5) is 4.26. The van der Waals surface area contributed by atoms with Crippen LogP contribution in [0.1, 0.15) is 23.4 Å². The van der Waals surface area contributed by atoms with Crippen LogP contribution in [0.15, 0.2) is 41.4 Å². The summed E-state index contributed by atoms with van der Waals surface area (Å²) in [6.07, 6.45) is 2.01. The normalized spacial score (nSPS) is 11.0. The molecule has 0 spiro atoms. The molecule has 0 amide bonds. The predicted molar refractivity (Wildman–Crippen MR) is 111 cm³/mol. The minimum absolute atomic E-state index is 0. The smallest absolute Gasteiger partial charge is 0.190 e. The molecule has 2 N–H and O–H groups in total. The average Bonchev–Trinajstić information content (AvgIpc) is 2.88. The zero-order valence-electron chi connectivity index (χ0n) is 14.7. The van der Waals surface area contributed by atoms with Crippen molar-refractivity contribution in [3.05, 3.63) is 53.3 Å². The molecule has 6 heteroatoms. The maximum atomic E-state index is 4.47. The van der Waals surface area contributed by atoms with Gasteiger partial charge in [0, 0.05) is 32.4 Å². The lowest BCUT2D eigenvalue weighted by Gasteiger charge is -2.12. The molecule has 0 aliphatic carbocycles. The van der Waals surface area contributed by atoms with Gasteiger partial charge in [-0.2, -0.15) is 5.10 Å². The maximum absolute atomic E-state index is 4.47. The van der Waals surface area contributed by atoms with Crippen molar-refractivity contribution in [1.29, 1.82) is 0 Å². The zero-order valence-corrected chi connectivity index (χ0v) is 17.1. The standard InChI is InChI=1S/C18H27N5.HI/c1-15-14-16(2)23(22-15)13-7-11-20-18(19-3)21-12-10-17-8-5-4-6-9-17;/h4-6,8-9,14H,7,10-13H2,1-3H3,(H2,19,20,21);1H. The topological polar surface area (TPSA) is 54.2 Å². The van der Waals surface area contributed by atoms with Gasteiger partial charge in [0.1, 0.15) is 0 Å². The molecule has 2 rings (SSSR count). The molecule has 0 aliphatic rings. The largest absolute Gasteiger partial charge is 0.356 e. The first-order valence-electron chi connectivity index (χ1n) is 8.18. The summed E-state index contributed by atoms with van der Waals surface area (Å²) in [7, 11) is 1.80. The van der Waals surface area contributed by atoms with Crippen LogP contribution in [0.2, 0.25) is 0 Å². The van der Waals surface area contributed by atoms with Crippen molar-refractivity contribution in [2.45, 2.75) is 33.2 Å². The lowest BCUT2D eigenvalue weighted by molar-refractivity contribution is 0.555. The summed E-state index contributed by atoms with van der Waals surface area (Å²) in [5, 5.41) is 11.2. The number of nitrogens with one attached hydrogen (secondary N) is 2. The van der Waals surface area contributed by atoms with E-state index in [9.17, 15) is 0 Å². The molecule has 2 aromatic rings. The highest BCUT2D eigenvalue weighted by molar-refractivity contribution is 14.0. The number of guanidine groups is 1. The number of aryl methyl sites for hydroxylation is 3. The van der Waals surface area contributed by atoms with E-state index >= 15 is 0 Å². The van der Waals surface area contributed by atoms with Crippen LogP contribution in [0.4, 0.5) is 0 Å². The first-order valence-corrected chi connectivity index (χ1v) is 8.18. The van der Waals surface area contributed by atoms with E-state index in [2.05, 4.69) is 62.7 Å². The Hall–Kier alpha value is -1.57. The molecule has 24 heavy (non-hydrogen) atoms. The van der Waals surface area contributed by atoms with E-state index in [0.29, 0.717) is 0 Å². The SMILES string of the molecule is CN=C(NCCCn1nc(C)cc1C)NCCc1ccccc1.I. The van der Waals surface area contributed by atoms with Crippen molar-refractivity contribution in [3.63, 3.8) is 0 Å². The van der Waals surface area contributed by atoms with E-state index in [0.717, 1.165) is 44.1 Å². The van der Waals surface area contributed by atoms with Gasteiger partial charge in [-0.05, 0) is 38.3 Å². The summed E-state index contributed by atoms with van der Waals surface area (Å²) in [6.45, 7) is 6.80. The highest BCUT2D eigenvalue weighted by Gasteiger charge is 2.01. The van der Waals surface area contributed by atoms with Crippen LogP contribution in [0, 0.1) is 13.8 Å². The van der Waals surface area contributed by atoms with E-state index in [1.54, 1.807) is 7.05 Å². The molecule has 1 aromatic heterocycles. The first kappa shape index (κ1) is 20.5. The van der Waals surface area contributed by atoms with E-state index in [1.165, 1.54) is 11.3 Å². The third kappa shape index (κ3) is 6.90. The van der Waals surface area contributed by atoms with Crippen molar-refractivity contribution in [2.75, 3.05) is 20.1 Å². The Balaban J connectivity index is 0.00000288. The van der Waals surface area contributed by atoms with Crippen LogP contribution >= 0.6 is 24.0 Å². The Morgan fingerprint density at radius 3 is 2.46 bits per heavy atom. The second-order valence-electron chi connectivity index (χ2n) is 5.67. The van der Waals surface area contributed by atoms with E-state index in [4.69, 9.17) is 0 Å². The van der Waals surface area contributed by atoms with Crippen molar-refractivity contribution < 1.29 is 0 Å². The van der Waals surface area contributed by atoms with Gasteiger partial charge >= 0.3 is 0 Å². The Labute approximate surface area is 162 Å². The molecular weight excluding hydrogens is 413 g/mol. The van der Waals surface area contributed by atoms with Crippen LogP contribution in [0.5, 0.6) is 0 Å². The predicted octanol–water partition coefficient (Wildman–Crippen LogP) is 2.92. The highest BCUT2D eigenvalue weighted by atomic mass is 127. The molecule has 0 atom stereocenters. The molecule has 5 nitrogen and oxygen atoms in total. The molecule has 0 unspecified atom stereocenters. The third-order valence-electron chi connectivity index (χ3n) is 3.72. The van der Waals surface area contributed by atoms with Gasteiger partial charge in [-0.1, -0.05) is 30.3 Å². The van der Waals surface area contributed by atoms with Crippen molar-refractivity contribution >= 4 is 29.9 Å². The van der Waals surface area contributed by atoms with Gasteiger partial charge in [0.25, 0.3) is 0 Å². The minimum atomic E-state index is 0. The number of benzene rings is 1. The quantitative estimate of drug-likeness (QED) is 0.301. The van der Waals surface area contributed by atoms with Gasteiger partial charge in [0.2, 0.25) is 0 Å². The lowest BCUT2D eigenvalue weighted by atomic mass is 10.1. The Kier molecular flexibility index (Phi) is 9.44. The van der Waals surface area contributed by atoms with Crippen LogP contribution in [0.3, 0.4) is 0 Å². The molecule has 0 fully saturated rings. The number of aromatic nitrogens is 2. The number of halogens is 1. The number of hydrogen-bond acceptors (Lipinski definition) is 2. The van der Waals surface area contributed by atoms with Crippen molar-refractivity contribution in [1.82, 2.24) is 20.4 Å². The van der Waals surface area contributed by atoms with Crippen molar-refractivity contribution in [3.8, 4) is 0 Å². The minimum Gasteiger partial charge on any atom is -0.356 e. The van der Waals surface area contributed by atoms with Crippen molar-refractivity contribution in [2.24, 2.45) is 4.99 Å². The van der Waals surface area contributed by atoms with Crippen LogP contribution in [-0.2, 0) is 13.0 Å². The van der Waals surface area contributed by atoms with Crippen LogP contribution in [0.25, 0.3) is 0 Å². The molecular formula is C18H28IN5. The van der Waals surface area contributed by atoms with Gasteiger partial charge < -0.3 is 10.6 Å². The number of rotatable bonds is 7. The summed E-state index contributed by atoms with van der Waals surface area (Å²) in [5.74, 6) is 0.856. The Bertz CT molecular complexity index is 622. The van der Waals surface area contributed by atoms with E-state index < -0.39 is 0 Å². The van der Waals surface area contributed by atoms with E-state index in [1.807, 2.05) is 13.0 Å². The fraction of sp³-hybridized carbons (Fsp3) is 0.444. The molecule has 0 aliphatic heterocycles. The molecule has 0 bridgehead atoms. The Morgan fingerprint density at radius 2 is 1.83 bits per heavy atom. The number of aliphatic imine (C=N–C) groups is 1. The van der Waals surface area contributed by atoms with Gasteiger partial charge in [-0.15, -0.1) is 24.0 Å². The fourth-order valence-electron chi connectivity index (χ4n) is 2.53. The summed E-state index contributed by atoms with van der Waals surface area (Å²) >= 11 is 0. The molecule has 1 aromatic carbocycles. The van der Waals surface area contributed by atoms with Gasteiger partial charge in [0.15, 0.2) is 5.96 Å². The summed E-state index contributed by atoms with van der Waals surface area (Å²) in [5.41, 5.74) is 3.63. The second-order valence-corrected chi connectivity index (χ2v) is 5.67. The fourth-order valence-corrected chi connectivity index (χ4v) is 2.53. The van der Waals surface area contributed by atoms with Crippen LogP contribution < -0.4 is 10.6 Å². The van der Waals surface area contributed by atoms with Crippen LogP contribution in [-0.4, -0.2) is 35.9 Å². The molecule has 0 radical (unpaired) electrons. The zero-order chi connectivity index (χ0) is 16.5.